The summed E-state index contributed by atoms with van der Waals surface area (Å²) < 4.78 is 102. The second-order valence-electron chi connectivity index (χ2n) is 22.1. The molecule has 8 aliphatic heterocycles. The lowest BCUT2D eigenvalue weighted by atomic mass is 9.90. The molecule has 0 aliphatic carbocycles. The largest absolute Gasteiger partial charge is 0.392 e. The standard InChI is InChI=1S/4C14H14N2O3S/c4*17-13-7-20(18,19)6-11(13)14-10-4-2-1-3-9(10)12-5-15-8-16(12)14/h4*1-5,8,11,13-14,17H,6-7H2/t2*11-,13-,14+;2*11-,13-,14-/m1010/s1. The number of nitrogens with zero attached hydrogens (tertiary/aromatic N) is 8. The van der Waals surface area contributed by atoms with Gasteiger partial charge in [0.1, 0.15) is 0 Å². The van der Waals surface area contributed by atoms with Crippen LogP contribution < -0.4 is 0 Å². The molecular formula is C56H56N8O12S4. The first-order valence-electron chi connectivity index (χ1n) is 26.3. The minimum Gasteiger partial charge on any atom is -0.392 e. The maximum absolute atomic E-state index is 11.8. The Kier molecular flexibility index (Phi) is 12.9. The second-order valence-corrected chi connectivity index (χ2v) is 30.7. The number of hydrogen-bond donors (Lipinski definition) is 4. The Labute approximate surface area is 461 Å². The van der Waals surface area contributed by atoms with Gasteiger partial charge in [-0.3, -0.25) is 0 Å². The van der Waals surface area contributed by atoms with Gasteiger partial charge in [-0.15, -0.1) is 0 Å². The number of fused-ring (bicyclic) bond motifs is 12. The summed E-state index contributed by atoms with van der Waals surface area (Å²) in [4.78, 5) is 16.6. The molecule has 0 unspecified atom stereocenters. The van der Waals surface area contributed by atoms with E-state index in [0.717, 1.165) is 67.3 Å². The van der Waals surface area contributed by atoms with Gasteiger partial charge in [-0.05, 0) is 22.3 Å². The summed E-state index contributed by atoms with van der Waals surface area (Å²) in [5.41, 5.74) is 12.6. The summed E-state index contributed by atoms with van der Waals surface area (Å²) in [5.74, 6) is -1.66. The average Bonchev–Trinajstić information content (AvgIpc) is 4.42. The zero-order valence-corrected chi connectivity index (χ0v) is 46.0. The van der Waals surface area contributed by atoms with Gasteiger partial charge in [0.25, 0.3) is 0 Å². The van der Waals surface area contributed by atoms with Crippen LogP contribution in [0.25, 0.3) is 45.0 Å². The van der Waals surface area contributed by atoms with E-state index in [2.05, 4.69) is 19.9 Å². The van der Waals surface area contributed by atoms with E-state index in [9.17, 15) is 54.1 Å². The van der Waals surface area contributed by atoms with Crippen molar-refractivity contribution in [3.05, 3.63) is 169 Å². The van der Waals surface area contributed by atoms with Gasteiger partial charge in [-0.2, -0.15) is 0 Å². The molecule has 4 N–H and O–H groups in total. The van der Waals surface area contributed by atoms with Gasteiger partial charge < -0.3 is 38.7 Å². The SMILES string of the molecule is O=S1(=O)C[C@@H]([C@@H]2c3ccccc3-c3cncn32)[C@H](O)C1.O=S1(=O)C[C@@H]([C@H]2c3ccccc3-c3cncn32)[C@H](O)C1.O=S1(=O)C[C@H]([C@@H]2c3ccccc3-c3cncn32)[C@@H](O)C1.O=S1(=O)C[C@H]([C@H]2c3ccccc3-c3cncn32)[C@@H](O)C1. The predicted octanol–water partition coefficient (Wildman–Crippen LogP) is 3.43. The summed E-state index contributed by atoms with van der Waals surface area (Å²) in [6.45, 7) is 0. The molecular weight excluding hydrogens is 1100 g/mol. The summed E-state index contributed by atoms with van der Waals surface area (Å²) in [7, 11) is -12.6. The van der Waals surface area contributed by atoms with Gasteiger partial charge in [-0.1, -0.05) is 97.1 Å². The Hall–Kier alpha value is -6.64. The van der Waals surface area contributed by atoms with Crippen LogP contribution in [0.3, 0.4) is 0 Å². The van der Waals surface area contributed by atoms with Crippen molar-refractivity contribution >= 4 is 39.3 Å². The molecule has 0 saturated carbocycles. The zero-order chi connectivity index (χ0) is 55.6. The maximum Gasteiger partial charge on any atom is 0.153 e. The minimum atomic E-state index is -3.15. The number of aromatic nitrogens is 8. The van der Waals surface area contributed by atoms with Crippen LogP contribution in [0.2, 0.25) is 0 Å². The van der Waals surface area contributed by atoms with Gasteiger partial charge in [0, 0.05) is 45.9 Å². The van der Waals surface area contributed by atoms with Gasteiger partial charge in [-0.25, -0.2) is 53.6 Å². The minimum absolute atomic E-state index is 0.0325. The molecule has 12 atom stereocenters. The highest BCUT2D eigenvalue weighted by Crippen LogP contribution is 2.50. The number of benzene rings is 4. The van der Waals surface area contributed by atoms with Crippen molar-refractivity contribution in [3.63, 3.8) is 0 Å². The van der Waals surface area contributed by atoms with Crippen molar-refractivity contribution < 1.29 is 54.1 Å². The molecule has 8 aromatic rings. The molecule has 20 nitrogen and oxygen atoms in total. The van der Waals surface area contributed by atoms with E-state index < -0.39 is 63.8 Å². The predicted molar refractivity (Wildman–Crippen MR) is 296 cm³/mol. The second kappa shape index (κ2) is 19.5. The molecule has 416 valence electrons. The fourth-order valence-electron chi connectivity index (χ4n) is 13.9. The normalized spacial score (nSPS) is 30.1. The fourth-order valence-corrected chi connectivity index (χ4v) is 21.4. The van der Waals surface area contributed by atoms with Gasteiger partial charge in [0.05, 0.1) is 167 Å². The first-order chi connectivity index (χ1) is 38.3. The van der Waals surface area contributed by atoms with Gasteiger partial charge >= 0.3 is 0 Å². The topological polar surface area (TPSA) is 289 Å². The van der Waals surface area contributed by atoms with Crippen molar-refractivity contribution in [2.45, 2.75) is 48.6 Å². The monoisotopic (exact) mass is 1160 g/mol. The molecule has 4 fully saturated rings. The number of imidazole rings is 4. The Morgan fingerprint density at radius 2 is 0.512 bits per heavy atom. The molecule has 0 spiro atoms. The van der Waals surface area contributed by atoms with Crippen LogP contribution in [0, 0.1) is 23.7 Å². The summed E-state index contributed by atoms with van der Waals surface area (Å²) in [6, 6.07) is 31.1. The van der Waals surface area contributed by atoms with Gasteiger partial charge in [0.15, 0.2) is 39.3 Å². The Morgan fingerprint density at radius 3 is 0.700 bits per heavy atom. The Morgan fingerprint density at radius 1 is 0.312 bits per heavy atom. The zero-order valence-electron chi connectivity index (χ0n) is 42.7. The summed E-state index contributed by atoms with van der Waals surface area (Å²) >= 11 is 0. The molecule has 4 aromatic heterocycles. The highest BCUT2D eigenvalue weighted by Gasteiger charge is 2.49. The van der Waals surface area contributed by atoms with Crippen LogP contribution in [0.1, 0.15) is 46.4 Å². The smallest absolute Gasteiger partial charge is 0.153 e. The highest BCUT2D eigenvalue weighted by atomic mass is 32.2. The number of rotatable bonds is 4. The van der Waals surface area contributed by atoms with E-state index in [1.165, 1.54) is 0 Å². The number of aliphatic hydroxyl groups is 4. The van der Waals surface area contributed by atoms with Crippen LogP contribution in [0.5, 0.6) is 0 Å². The molecule has 4 aromatic carbocycles. The van der Waals surface area contributed by atoms with Crippen LogP contribution in [0.4, 0.5) is 0 Å². The quantitative estimate of drug-likeness (QED) is 0.196. The molecule has 12 heterocycles. The third-order valence-corrected chi connectivity index (χ3v) is 24.1. The molecule has 8 aliphatic rings. The fraction of sp³-hybridized carbons (Fsp3) is 0.357. The lowest BCUT2D eigenvalue weighted by molar-refractivity contribution is 0.128. The maximum atomic E-state index is 11.8. The van der Waals surface area contributed by atoms with Crippen molar-refractivity contribution in [1.82, 2.24) is 38.2 Å². The summed E-state index contributed by atoms with van der Waals surface area (Å²) in [5, 5.41) is 40.6. The number of sulfone groups is 4. The van der Waals surface area contributed by atoms with E-state index in [4.69, 9.17) is 0 Å². The average molecular weight is 1160 g/mol. The van der Waals surface area contributed by atoms with E-state index >= 15 is 0 Å². The Bertz CT molecular complexity index is 3660. The molecule has 16 rings (SSSR count). The Balaban J connectivity index is 0.000000101. The van der Waals surface area contributed by atoms with Crippen molar-refractivity contribution in [1.29, 1.82) is 0 Å². The van der Waals surface area contributed by atoms with E-state index in [1.807, 2.05) is 115 Å². The lowest BCUT2D eigenvalue weighted by Gasteiger charge is -2.23. The van der Waals surface area contributed by atoms with Crippen LogP contribution >= 0.6 is 0 Å². The van der Waals surface area contributed by atoms with E-state index in [1.54, 1.807) is 50.1 Å². The highest BCUT2D eigenvalue weighted by molar-refractivity contribution is 7.92. The van der Waals surface area contributed by atoms with E-state index in [-0.39, 0.29) is 93.9 Å². The molecule has 80 heavy (non-hydrogen) atoms. The first-order valence-corrected chi connectivity index (χ1v) is 33.5. The van der Waals surface area contributed by atoms with Crippen molar-refractivity contribution in [2.75, 3.05) is 46.0 Å². The molecule has 0 bridgehead atoms. The van der Waals surface area contributed by atoms with E-state index in [0.29, 0.717) is 0 Å². The van der Waals surface area contributed by atoms with Gasteiger partial charge in [0.2, 0.25) is 0 Å². The lowest BCUT2D eigenvalue weighted by Crippen LogP contribution is -2.27. The van der Waals surface area contributed by atoms with Crippen molar-refractivity contribution in [2.24, 2.45) is 23.7 Å². The molecule has 24 heteroatoms. The molecule has 0 radical (unpaired) electrons. The first kappa shape index (κ1) is 52.7. The molecule has 4 saturated heterocycles. The van der Waals surface area contributed by atoms with Crippen LogP contribution in [0.15, 0.2) is 147 Å². The third-order valence-electron chi connectivity index (χ3n) is 17.2. The number of hydrogen-bond acceptors (Lipinski definition) is 16. The number of aliphatic hydroxyl groups excluding tert-OH is 4. The van der Waals surface area contributed by atoms with Crippen molar-refractivity contribution in [3.8, 4) is 45.0 Å². The third kappa shape index (κ3) is 9.07. The van der Waals surface area contributed by atoms with Crippen LogP contribution in [-0.2, 0) is 39.3 Å². The van der Waals surface area contributed by atoms with Crippen LogP contribution in [-0.4, -0.2) is 163 Å². The summed E-state index contributed by atoms with van der Waals surface area (Å²) in [6.07, 6.45) is 10.8. The molecule has 0 amide bonds.